The molecule has 2 aromatic heterocycles. The molecule has 3 heterocycles. The Morgan fingerprint density at radius 1 is 1.09 bits per heavy atom. The minimum atomic E-state index is -0.226. The summed E-state index contributed by atoms with van der Waals surface area (Å²) in [5, 5.41) is 4.58. The Kier molecular flexibility index (Phi) is 5.27. The van der Waals surface area contributed by atoms with Crippen molar-refractivity contribution in [3.05, 3.63) is 70.1 Å². The van der Waals surface area contributed by atoms with Gasteiger partial charge in [-0.2, -0.15) is 5.10 Å². The predicted octanol–water partition coefficient (Wildman–Crippen LogP) is 3.90. The Morgan fingerprint density at radius 2 is 1.84 bits per heavy atom. The fourth-order valence-corrected chi connectivity index (χ4v) is 4.55. The zero-order valence-electron chi connectivity index (χ0n) is 18.6. The molecule has 5 rings (SSSR count). The van der Waals surface area contributed by atoms with E-state index in [4.69, 9.17) is 9.72 Å². The predicted molar refractivity (Wildman–Crippen MR) is 126 cm³/mol. The molecule has 2 aromatic carbocycles. The van der Waals surface area contributed by atoms with Crippen LogP contribution in [0.15, 0.2) is 53.3 Å². The summed E-state index contributed by atoms with van der Waals surface area (Å²) >= 11 is 0. The van der Waals surface area contributed by atoms with Crippen molar-refractivity contribution in [2.24, 2.45) is 0 Å². The number of hydrogen-bond acceptors (Lipinski definition) is 5. The highest BCUT2D eigenvalue weighted by atomic mass is 16.5. The van der Waals surface area contributed by atoms with Gasteiger partial charge in [0, 0.05) is 0 Å². The van der Waals surface area contributed by atoms with Crippen molar-refractivity contribution >= 4 is 11.0 Å². The zero-order chi connectivity index (χ0) is 22.2. The standard InChI is InChI=1S/C25H27N5O2/c1-16-22-23(30(28-16)19-7-5-4-6-8-19)25(31)27-24(26-22)20-10-9-18(15-21(20)32-3)17-11-13-29(2)14-12-17/h4-10,15,17H,11-14H2,1-3H3,(H,26,27,31). The second-order valence-corrected chi connectivity index (χ2v) is 8.48. The summed E-state index contributed by atoms with van der Waals surface area (Å²) < 4.78 is 7.37. The van der Waals surface area contributed by atoms with Crippen molar-refractivity contribution in [2.45, 2.75) is 25.7 Å². The largest absolute Gasteiger partial charge is 0.496 e. The Labute approximate surface area is 186 Å². The van der Waals surface area contributed by atoms with Gasteiger partial charge in [-0.05, 0) is 75.6 Å². The molecule has 0 spiro atoms. The van der Waals surface area contributed by atoms with Gasteiger partial charge in [-0.1, -0.05) is 24.3 Å². The Morgan fingerprint density at radius 3 is 2.56 bits per heavy atom. The number of aromatic amines is 1. The van der Waals surface area contributed by atoms with Crippen molar-refractivity contribution in [3.63, 3.8) is 0 Å². The highest BCUT2D eigenvalue weighted by Crippen LogP contribution is 2.35. The Hall–Kier alpha value is -3.45. The maximum atomic E-state index is 13.1. The number of H-pyrrole nitrogens is 1. The van der Waals surface area contributed by atoms with E-state index in [0.29, 0.717) is 28.5 Å². The van der Waals surface area contributed by atoms with Gasteiger partial charge >= 0.3 is 0 Å². The van der Waals surface area contributed by atoms with E-state index in [1.165, 1.54) is 5.56 Å². The van der Waals surface area contributed by atoms with E-state index in [0.717, 1.165) is 42.9 Å². The third-order valence-corrected chi connectivity index (χ3v) is 6.37. The first-order valence-corrected chi connectivity index (χ1v) is 11.0. The van der Waals surface area contributed by atoms with Gasteiger partial charge in [0.05, 0.1) is 24.1 Å². The van der Waals surface area contributed by atoms with Crippen LogP contribution in [-0.2, 0) is 0 Å². The number of piperidine rings is 1. The lowest BCUT2D eigenvalue weighted by Gasteiger charge is -2.29. The van der Waals surface area contributed by atoms with Gasteiger partial charge in [0.1, 0.15) is 17.1 Å². The van der Waals surface area contributed by atoms with Crippen LogP contribution in [0.25, 0.3) is 28.1 Å². The fraction of sp³-hybridized carbons (Fsp3) is 0.320. The minimum absolute atomic E-state index is 0.226. The number of rotatable bonds is 4. The van der Waals surface area contributed by atoms with Crippen molar-refractivity contribution in [2.75, 3.05) is 27.2 Å². The molecule has 0 bridgehead atoms. The molecule has 1 aliphatic rings. The van der Waals surface area contributed by atoms with Crippen LogP contribution in [0, 0.1) is 6.92 Å². The lowest BCUT2D eigenvalue weighted by atomic mass is 9.89. The first-order chi connectivity index (χ1) is 15.5. The van der Waals surface area contributed by atoms with Crippen LogP contribution >= 0.6 is 0 Å². The average molecular weight is 430 g/mol. The van der Waals surface area contributed by atoms with E-state index >= 15 is 0 Å². The highest BCUT2D eigenvalue weighted by molar-refractivity contribution is 5.81. The molecule has 0 amide bonds. The number of methoxy groups -OCH3 is 1. The summed E-state index contributed by atoms with van der Waals surface area (Å²) in [5.74, 6) is 1.73. The molecule has 0 atom stereocenters. The molecule has 1 aliphatic heterocycles. The third-order valence-electron chi connectivity index (χ3n) is 6.37. The first-order valence-electron chi connectivity index (χ1n) is 11.0. The van der Waals surface area contributed by atoms with E-state index in [-0.39, 0.29) is 5.56 Å². The van der Waals surface area contributed by atoms with E-state index in [1.807, 2.05) is 43.3 Å². The van der Waals surface area contributed by atoms with E-state index in [1.54, 1.807) is 11.8 Å². The van der Waals surface area contributed by atoms with Gasteiger partial charge in [0.2, 0.25) is 0 Å². The number of benzene rings is 2. The molecule has 1 fully saturated rings. The number of ether oxygens (including phenoxy) is 1. The van der Waals surface area contributed by atoms with Gasteiger partial charge in [-0.3, -0.25) is 4.79 Å². The monoisotopic (exact) mass is 429 g/mol. The maximum absolute atomic E-state index is 13.1. The number of aromatic nitrogens is 4. The minimum Gasteiger partial charge on any atom is -0.496 e. The second kappa shape index (κ2) is 8.24. The third kappa shape index (κ3) is 3.58. The molecule has 4 aromatic rings. The smallest absolute Gasteiger partial charge is 0.277 e. The van der Waals surface area contributed by atoms with Crippen molar-refractivity contribution < 1.29 is 4.74 Å². The number of hydrogen-bond donors (Lipinski definition) is 1. The van der Waals surface area contributed by atoms with E-state index < -0.39 is 0 Å². The van der Waals surface area contributed by atoms with Crippen LogP contribution in [0.2, 0.25) is 0 Å². The molecule has 164 valence electrons. The molecular weight excluding hydrogens is 402 g/mol. The summed E-state index contributed by atoms with van der Waals surface area (Å²) in [6.07, 6.45) is 2.27. The summed E-state index contributed by atoms with van der Waals surface area (Å²) in [7, 11) is 3.83. The topological polar surface area (TPSA) is 76.0 Å². The van der Waals surface area contributed by atoms with Crippen LogP contribution in [-0.4, -0.2) is 51.9 Å². The average Bonchev–Trinajstić information content (AvgIpc) is 3.16. The lowest BCUT2D eigenvalue weighted by Crippen LogP contribution is -2.29. The van der Waals surface area contributed by atoms with Gasteiger partial charge in [0.15, 0.2) is 5.52 Å². The quantitative estimate of drug-likeness (QED) is 0.532. The van der Waals surface area contributed by atoms with Crippen molar-refractivity contribution in [3.8, 4) is 22.8 Å². The lowest BCUT2D eigenvalue weighted by molar-refractivity contribution is 0.255. The first kappa shape index (κ1) is 20.5. The molecule has 32 heavy (non-hydrogen) atoms. The van der Waals surface area contributed by atoms with Crippen LogP contribution < -0.4 is 10.3 Å². The van der Waals surface area contributed by atoms with E-state index in [2.05, 4.69) is 34.2 Å². The summed E-state index contributed by atoms with van der Waals surface area (Å²) in [4.78, 5) is 23.2. The van der Waals surface area contributed by atoms with Gasteiger partial charge in [-0.25, -0.2) is 9.67 Å². The number of likely N-dealkylation sites (tertiary alicyclic amines) is 1. The number of para-hydroxylation sites is 1. The SMILES string of the molecule is COc1cc(C2CCN(C)CC2)ccc1-c1nc2c(C)nn(-c3ccccc3)c2c(=O)[nH]1. The molecule has 0 radical (unpaired) electrons. The Balaban J connectivity index is 1.58. The summed E-state index contributed by atoms with van der Waals surface area (Å²) in [5.41, 5.74) is 4.39. The van der Waals surface area contributed by atoms with Crippen LogP contribution in [0.5, 0.6) is 5.75 Å². The molecule has 1 saturated heterocycles. The fourth-order valence-electron chi connectivity index (χ4n) is 4.55. The van der Waals surface area contributed by atoms with Gasteiger partial charge in [0.25, 0.3) is 5.56 Å². The van der Waals surface area contributed by atoms with Gasteiger partial charge in [-0.15, -0.1) is 0 Å². The van der Waals surface area contributed by atoms with Crippen LogP contribution in [0.1, 0.15) is 30.0 Å². The van der Waals surface area contributed by atoms with Crippen molar-refractivity contribution in [1.82, 2.24) is 24.6 Å². The van der Waals surface area contributed by atoms with Crippen LogP contribution in [0.3, 0.4) is 0 Å². The van der Waals surface area contributed by atoms with E-state index in [9.17, 15) is 4.79 Å². The number of aryl methyl sites for hydroxylation is 1. The maximum Gasteiger partial charge on any atom is 0.277 e. The molecule has 0 saturated carbocycles. The summed E-state index contributed by atoms with van der Waals surface area (Å²) in [6, 6.07) is 15.9. The molecule has 7 heteroatoms. The molecule has 7 nitrogen and oxygen atoms in total. The molecule has 0 aliphatic carbocycles. The molecule has 1 N–H and O–H groups in total. The molecule has 0 unspecified atom stereocenters. The number of nitrogens with zero attached hydrogens (tertiary/aromatic N) is 4. The number of fused-ring (bicyclic) bond motifs is 1. The highest BCUT2D eigenvalue weighted by Gasteiger charge is 2.21. The normalized spacial score (nSPS) is 15.3. The van der Waals surface area contributed by atoms with Crippen LogP contribution in [0.4, 0.5) is 0 Å². The number of nitrogens with one attached hydrogen (secondary N) is 1. The zero-order valence-corrected chi connectivity index (χ0v) is 18.6. The Bertz CT molecular complexity index is 1320. The van der Waals surface area contributed by atoms with Crippen molar-refractivity contribution in [1.29, 1.82) is 0 Å². The van der Waals surface area contributed by atoms with Gasteiger partial charge < -0.3 is 14.6 Å². The summed E-state index contributed by atoms with van der Waals surface area (Å²) in [6.45, 7) is 4.08. The molecular formula is C25H27N5O2. The second-order valence-electron chi connectivity index (χ2n) is 8.48.